The summed E-state index contributed by atoms with van der Waals surface area (Å²) in [5.74, 6) is 7.75. The highest BCUT2D eigenvalue weighted by Crippen LogP contribution is 2.19. The Morgan fingerprint density at radius 2 is 2.19 bits per heavy atom. The van der Waals surface area contributed by atoms with E-state index in [4.69, 9.17) is 9.84 Å². The minimum atomic E-state index is 0.0783. The van der Waals surface area contributed by atoms with Gasteiger partial charge < -0.3 is 14.4 Å². The lowest BCUT2D eigenvalue weighted by Gasteiger charge is -2.10. The molecule has 4 nitrogen and oxygen atoms in total. The van der Waals surface area contributed by atoms with Crippen LogP contribution in [0.25, 0.3) is 0 Å². The molecule has 0 radical (unpaired) electrons. The largest absolute Gasteiger partial charge is 0.490 e. The van der Waals surface area contributed by atoms with Crippen molar-refractivity contribution in [2.45, 2.75) is 26.8 Å². The minimum absolute atomic E-state index is 0.0783. The summed E-state index contributed by atoms with van der Waals surface area (Å²) in [6.45, 7) is 5.39. The first kappa shape index (κ1) is 15.1. The van der Waals surface area contributed by atoms with Crippen LogP contribution < -0.4 is 4.74 Å². The first-order valence-electron chi connectivity index (χ1n) is 7.01. The summed E-state index contributed by atoms with van der Waals surface area (Å²) in [7, 11) is 0. The molecule has 0 bridgehead atoms. The average Bonchev–Trinajstić information content (AvgIpc) is 2.87. The van der Waals surface area contributed by atoms with E-state index in [2.05, 4.69) is 16.8 Å². The van der Waals surface area contributed by atoms with E-state index in [9.17, 15) is 0 Å². The van der Waals surface area contributed by atoms with Gasteiger partial charge in [0.2, 0.25) is 0 Å². The monoisotopic (exact) mass is 284 g/mol. The van der Waals surface area contributed by atoms with Gasteiger partial charge >= 0.3 is 0 Å². The molecule has 4 heteroatoms. The molecule has 0 unspecified atom stereocenters. The number of benzene rings is 1. The average molecular weight is 284 g/mol. The standard InChI is InChI=1S/C17H20N2O2/c1-14-6-7-17(16(13-14)5-3-4-11-20)21-12-10-19-9-8-18-15(19)2/h6-9,13,20H,4,10-12H2,1-2H3. The number of aryl methyl sites for hydroxylation is 2. The van der Waals surface area contributed by atoms with Crippen molar-refractivity contribution in [3.8, 4) is 17.6 Å². The second kappa shape index (κ2) is 7.51. The second-order valence-electron chi connectivity index (χ2n) is 4.79. The van der Waals surface area contributed by atoms with Crippen LogP contribution in [0.15, 0.2) is 30.6 Å². The summed E-state index contributed by atoms with van der Waals surface area (Å²) in [4.78, 5) is 4.18. The highest BCUT2D eigenvalue weighted by atomic mass is 16.5. The summed E-state index contributed by atoms with van der Waals surface area (Å²) in [5, 5.41) is 8.80. The number of ether oxygens (including phenoxy) is 1. The van der Waals surface area contributed by atoms with E-state index < -0.39 is 0 Å². The van der Waals surface area contributed by atoms with E-state index in [0.717, 1.165) is 29.2 Å². The normalized spacial score (nSPS) is 10.0. The van der Waals surface area contributed by atoms with Gasteiger partial charge in [0, 0.05) is 18.8 Å². The van der Waals surface area contributed by atoms with Crippen molar-refractivity contribution in [2.24, 2.45) is 0 Å². The third-order valence-electron chi connectivity index (χ3n) is 3.11. The maximum absolute atomic E-state index is 8.80. The predicted octanol–water partition coefficient (Wildman–Crippen LogP) is 2.31. The maximum atomic E-state index is 8.80. The summed E-state index contributed by atoms with van der Waals surface area (Å²) in [5.41, 5.74) is 2.01. The molecule has 0 saturated heterocycles. The minimum Gasteiger partial charge on any atom is -0.490 e. The zero-order valence-corrected chi connectivity index (χ0v) is 12.5. The zero-order chi connectivity index (χ0) is 15.1. The van der Waals surface area contributed by atoms with E-state index in [1.165, 1.54) is 0 Å². The van der Waals surface area contributed by atoms with Crippen LogP contribution in [0.4, 0.5) is 0 Å². The molecule has 0 aliphatic heterocycles. The fourth-order valence-electron chi connectivity index (χ4n) is 1.97. The van der Waals surface area contributed by atoms with Crippen molar-refractivity contribution < 1.29 is 9.84 Å². The number of aliphatic hydroxyl groups excluding tert-OH is 1. The SMILES string of the molecule is Cc1ccc(OCCn2ccnc2C)c(C#CCCO)c1. The molecule has 1 aromatic heterocycles. The lowest BCUT2D eigenvalue weighted by Crippen LogP contribution is -2.09. The Morgan fingerprint density at radius 1 is 1.33 bits per heavy atom. The van der Waals surface area contributed by atoms with E-state index in [-0.39, 0.29) is 6.61 Å². The van der Waals surface area contributed by atoms with Crippen molar-refractivity contribution in [1.29, 1.82) is 0 Å². The van der Waals surface area contributed by atoms with Crippen LogP contribution in [0.5, 0.6) is 5.75 Å². The van der Waals surface area contributed by atoms with Crippen LogP contribution in [0, 0.1) is 25.7 Å². The summed E-state index contributed by atoms with van der Waals surface area (Å²) in [6.07, 6.45) is 4.20. The van der Waals surface area contributed by atoms with E-state index in [0.29, 0.717) is 13.0 Å². The van der Waals surface area contributed by atoms with Crippen molar-refractivity contribution in [3.63, 3.8) is 0 Å². The molecule has 0 fully saturated rings. The van der Waals surface area contributed by atoms with Crippen LogP contribution >= 0.6 is 0 Å². The van der Waals surface area contributed by atoms with Gasteiger partial charge in [-0.25, -0.2) is 4.98 Å². The molecule has 2 aromatic rings. The van der Waals surface area contributed by atoms with Crippen molar-refractivity contribution >= 4 is 0 Å². The summed E-state index contributed by atoms with van der Waals surface area (Å²) >= 11 is 0. The van der Waals surface area contributed by atoms with E-state index in [1.54, 1.807) is 6.20 Å². The van der Waals surface area contributed by atoms with Crippen LogP contribution in [-0.4, -0.2) is 27.9 Å². The zero-order valence-electron chi connectivity index (χ0n) is 12.5. The molecule has 110 valence electrons. The Bertz CT molecular complexity index is 650. The number of rotatable bonds is 5. The highest BCUT2D eigenvalue weighted by molar-refractivity contribution is 5.48. The molecule has 0 atom stereocenters. The molecule has 0 aliphatic carbocycles. The van der Waals surface area contributed by atoms with Crippen molar-refractivity contribution in [1.82, 2.24) is 9.55 Å². The number of hydrogen-bond acceptors (Lipinski definition) is 3. The Balaban J connectivity index is 2.02. The van der Waals surface area contributed by atoms with Gasteiger partial charge in [-0.2, -0.15) is 0 Å². The van der Waals surface area contributed by atoms with Gasteiger partial charge in [-0.15, -0.1) is 0 Å². The number of nitrogens with zero attached hydrogens (tertiary/aromatic N) is 2. The topological polar surface area (TPSA) is 47.3 Å². The highest BCUT2D eigenvalue weighted by Gasteiger charge is 2.03. The number of aromatic nitrogens is 2. The van der Waals surface area contributed by atoms with Gasteiger partial charge in [-0.1, -0.05) is 17.9 Å². The third-order valence-corrected chi connectivity index (χ3v) is 3.11. The fourth-order valence-corrected chi connectivity index (χ4v) is 1.97. The molecule has 0 aliphatic rings. The van der Waals surface area contributed by atoms with Crippen molar-refractivity contribution in [2.75, 3.05) is 13.2 Å². The van der Waals surface area contributed by atoms with Crippen LogP contribution in [0.2, 0.25) is 0 Å². The van der Waals surface area contributed by atoms with E-state index in [1.807, 2.05) is 42.8 Å². The van der Waals surface area contributed by atoms with Crippen LogP contribution in [0.3, 0.4) is 0 Å². The fraction of sp³-hybridized carbons (Fsp3) is 0.353. The molecule has 0 spiro atoms. The van der Waals surface area contributed by atoms with E-state index >= 15 is 0 Å². The number of imidazole rings is 1. The molecular formula is C17H20N2O2. The van der Waals surface area contributed by atoms with Gasteiger partial charge in [0.1, 0.15) is 18.2 Å². The molecule has 1 N–H and O–H groups in total. The smallest absolute Gasteiger partial charge is 0.135 e. The first-order chi connectivity index (χ1) is 10.2. The Labute approximate surface area is 125 Å². The third kappa shape index (κ3) is 4.37. The molecule has 0 amide bonds. The summed E-state index contributed by atoms with van der Waals surface area (Å²) in [6, 6.07) is 5.95. The van der Waals surface area contributed by atoms with Gasteiger partial charge in [-0.05, 0) is 31.5 Å². The van der Waals surface area contributed by atoms with Crippen LogP contribution in [0.1, 0.15) is 23.4 Å². The molecule has 1 heterocycles. The predicted molar refractivity (Wildman–Crippen MR) is 82.2 cm³/mol. The van der Waals surface area contributed by atoms with Crippen LogP contribution in [-0.2, 0) is 6.54 Å². The Morgan fingerprint density at radius 3 is 2.90 bits per heavy atom. The quantitative estimate of drug-likeness (QED) is 0.857. The molecule has 2 rings (SSSR count). The lowest BCUT2D eigenvalue weighted by atomic mass is 10.1. The maximum Gasteiger partial charge on any atom is 0.135 e. The lowest BCUT2D eigenvalue weighted by molar-refractivity contribution is 0.296. The molecule has 0 saturated carbocycles. The summed E-state index contributed by atoms with van der Waals surface area (Å²) < 4.78 is 7.88. The van der Waals surface area contributed by atoms with Crippen molar-refractivity contribution in [3.05, 3.63) is 47.5 Å². The second-order valence-corrected chi connectivity index (χ2v) is 4.79. The Kier molecular flexibility index (Phi) is 5.42. The number of aliphatic hydroxyl groups is 1. The van der Waals surface area contributed by atoms with Gasteiger partial charge in [0.15, 0.2) is 0 Å². The molecular weight excluding hydrogens is 264 g/mol. The number of hydrogen-bond donors (Lipinski definition) is 1. The molecule has 21 heavy (non-hydrogen) atoms. The molecule has 1 aromatic carbocycles. The van der Waals surface area contributed by atoms with Gasteiger partial charge in [0.25, 0.3) is 0 Å². The van der Waals surface area contributed by atoms with Gasteiger partial charge in [-0.3, -0.25) is 0 Å². The van der Waals surface area contributed by atoms with Gasteiger partial charge in [0.05, 0.1) is 18.7 Å². The Hall–Kier alpha value is -2.25. The first-order valence-corrected chi connectivity index (χ1v) is 7.01.